The Hall–Kier alpha value is -2.05. The number of hydrogen-bond acceptors (Lipinski definition) is 2. The van der Waals surface area contributed by atoms with E-state index < -0.39 is 17.6 Å². The van der Waals surface area contributed by atoms with Gasteiger partial charge in [0.05, 0.1) is 24.1 Å². The molecule has 0 saturated heterocycles. The molecule has 114 valence electrons. The van der Waals surface area contributed by atoms with E-state index in [4.69, 9.17) is 0 Å². The van der Waals surface area contributed by atoms with E-state index in [1.807, 2.05) is 11.5 Å². The third kappa shape index (κ3) is 3.74. The molecule has 7 heteroatoms. The fourth-order valence-corrected chi connectivity index (χ4v) is 1.98. The van der Waals surface area contributed by atoms with Gasteiger partial charge < -0.3 is 9.88 Å². The van der Waals surface area contributed by atoms with Gasteiger partial charge in [0.15, 0.2) is 0 Å². The second-order valence-corrected chi connectivity index (χ2v) is 4.62. The van der Waals surface area contributed by atoms with Gasteiger partial charge in [0, 0.05) is 18.4 Å². The molecule has 3 nitrogen and oxygen atoms in total. The quantitative estimate of drug-likeness (QED) is 0.844. The number of aryl methyl sites for hydroxylation is 1. The van der Waals surface area contributed by atoms with Crippen LogP contribution < -0.4 is 5.32 Å². The molecule has 0 spiro atoms. The van der Waals surface area contributed by atoms with Crippen LogP contribution in [0.5, 0.6) is 0 Å². The Labute approximate surface area is 119 Å². The Balaban J connectivity index is 2.12. The molecule has 21 heavy (non-hydrogen) atoms. The fraction of sp³-hybridized carbons (Fsp3) is 0.357. The molecule has 0 amide bonds. The molecular weight excluding hydrogens is 286 g/mol. The Morgan fingerprint density at radius 3 is 2.71 bits per heavy atom. The number of rotatable bonds is 5. The number of alkyl halides is 3. The highest BCUT2D eigenvalue weighted by Gasteiger charge is 2.34. The number of benzene rings is 1. The van der Waals surface area contributed by atoms with Gasteiger partial charge in [0.1, 0.15) is 5.82 Å². The molecule has 0 atom stereocenters. The van der Waals surface area contributed by atoms with Crippen molar-refractivity contribution >= 4 is 5.69 Å². The van der Waals surface area contributed by atoms with Crippen molar-refractivity contribution in [3.63, 3.8) is 0 Å². The maximum atomic E-state index is 13.2. The zero-order valence-electron chi connectivity index (χ0n) is 11.4. The Morgan fingerprint density at radius 2 is 2.05 bits per heavy atom. The predicted molar refractivity (Wildman–Crippen MR) is 71.2 cm³/mol. The lowest BCUT2D eigenvalue weighted by atomic mass is 10.2. The number of imidazole rings is 1. The van der Waals surface area contributed by atoms with Gasteiger partial charge in [-0.1, -0.05) is 6.92 Å². The summed E-state index contributed by atoms with van der Waals surface area (Å²) in [5, 5.41) is 2.86. The van der Waals surface area contributed by atoms with E-state index in [1.165, 1.54) is 6.07 Å². The molecule has 0 aliphatic carbocycles. The van der Waals surface area contributed by atoms with Crippen LogP contribution in [0.3, 0.4) is 0 Å². The molecule has 1 aromatic heterocycles. The molecule has 0 aliphatic rings. The van der Waals surface area contributed by atoms with Crippen LogP contribution in [0.1, 0.15) is 24.6 Å². The number of aromatic nitrogens is 2. The lowest BCUT2D eigenvalue weighted by Crippen LogP contribution is -2.10. The smallest absolute Gasteiger partial charge is 0.379 e. The van der Waals surface area contributed by atoms with Crippen molar-refractivity contribution in [1.29, 1.82) is 0 Å². The van der Waals surface area contributed by atoms with Crippen LogP contribution in [0.2, 0.25) is 0 Å². The van der Waals surface area contributed by atoms with Crippen molar-refractivity contribution in [2.24, 2.45) is 0 Å². The van der Waals surface area contributed by atoms with Gasteiger partial charge in [-0.05, 0) is 24.6 Å². The first-order valence-corrected chi connectivity index (χ1v) is 6.51. The molecule has 0 radical (unpaired) electrons. The van der Waals surface area contributed by atoms with Crippen molar-refractivity contribution in [3.8, 4) is 0 Å². The molecule has 0 bridgehead atoms. The van der Waals surface area contributed by atoms with Crippen LogP contribution in [0.15, 0.2) is 30.7 Å². The minimum atomic E-state index is -4.70. The van der Waals surface area contributed by atoms with Crippen LogP contribution in [0.4, 0.5) is 23.2 Å². The van der Waals surface area contributed by atoms with Crippen LogP contribution in [0.25, 0.3) is 0 Å². The lowest BCUT2D eigenvalue weighted by Gasteiger charge is -2.12. The number of nitrogens with zero attached hydrogens (tertiary/aromatic N) is 2. The topological polar surface area (TPSA) is 29.9 Å². The van der Waals surface area contributed by atoms with Crippen molar-refractivity contribution in [1.82, 2.24) is 9.55 Å². The summed E-state index contributed by atoms with van der Waals surface area (Å²) < 4.78 is 53.0. The summed E-state index contributed by atoms with van der Waals surface area (Å²) in [5.74, 6) is -1.27. The van der Waals surface area contributed by atoms with Crippen molar-refractivity contribution in [2.45, 2.75) is 32.6 Å². The standard InChI is InChI=1S/C14H15F4N3/c1-2-5-21-9-19-7-11(21)8-20-10-3-4-13(15)12(6-10)14(16,17)18/h3-4,6-7,9,20H,2,5,8H2,1H3. The molecule has 0 unspecified atom stereocenters. The maximum absolute atomic E-state index is 13.2. The average molecular weight is 301 g/mol. The summed E-state index contributed by atoms with van der Waals surface area (Å²) in [4.78, 5) is 4.01. The van der Waals surface area contributed by atoms with Crippen LogP contribution in [-0.2, 0) is 19.3 Å². The number of anilines is 1. The van der Waals surface area contributed by atoms with Crippen molar-refractivity contribution < 1.29 is 17.6 Å². The van der Waals surface area contributed by atoms with Gasteiger partial charge in [0.25, 0.3) is 0 Å². The van der Waals surface area contributed by atoms with Gasteiger partial charge in [0.2, 0.25) is 0 Å². The van der Waals surface area contributed by atoms with Gasteiger partial charge in [-0.15, -0.1) is 0 Å². The van der Waals surface area contributed by atoms with Crippen LogP contribution in [-0.4, -0.2) is 9.55 Å². The van der Waals surface area contributed by atoms with E-state index >= 15 is 0 Å². The second-order valence-electron chi connectivity index (χ2n) is 4.62. The van der Waals surface area contributed by atoms with Gasteiger partial charge in [-0.2, -0.15) is 13.2 Å². The highest BCUT2D eigenvalue weighted by atomic mass is 19.4. The molecule has 0 aliphatic heterocycles. The second kappa shape index (κ2) is 6.15. The highest BCUT2D eigenvalue weighted by Crippen LogP contribution is 2.33. The molecule has 2 aromatic rings. The summed E-state index contributed by atoms with van der Waals surface area (Å²) in [5.41, 5.74) is -0.197. The van der Waals surface area contributed by atoms with Gasteiger partial charge >= 0.3 is 6.18 Å². The molecular formula is C14H15F4N3. The zero-order chi connectivity index (χ0) is 15.5. The van der Waals surface area contributed by atoms with E-state index in [0.29, 0.717) is 6.54 Å². The van der Waals surface area contributed by atoms with Crippen LogP contribution >= 0.6 is 0 Å². The van der Waals surface area contributed by atoms with Crippen molar-refractivity contribution in [2.75, 3.05) is 5.32 Å². The minimum absolute atomic E-state index is 0.216. The lowest BCUT2D eigenvalue weighted by molar-refractivity contribution is -0.139. The molecule has 0 saturated carbocycles. The van der Waals surface area contributed by atoms with E-state index in [-0.39, 0.29) is 5.69 Å². The molecule has 1 N–H and O–H groups in total. The molecule has 2 rings (SSSR count). The Kier molecular flexibility index (Phi) is 4.50. The number of halogens is 4. The third-order valence-electron chi connectivity index (χ3n) is 3.01. The Bertz CT molecular complexity index is 605. The zero-order valence-corrected chi connectivity index (χ0v) is 11.4. The first-order valence-electron chi connectivity index (χ1n) is 6.51. The van der Waals surface area contributed by atoms with Crippen molar-refractivity contribution in [3.05, 3.63) is 47.8 Å². The monoisotopic (exact) mass is 301 g/mol. The summed E-state index contributed by atoms with van der Waals surface area (Å²) >= 11 is 0. The number of hydrogen-bond donors (Lipinski definition) is 1. The summed E-state index contributed by atoms with van der Waals surface area (Å²) in [6, 6.07) is 2.87. The molecule has 0 fully saturated rings. The van der Waals surface area contributed by atoms with E-state index in [0.717, 1.165) is 30.8 Å². The highest BCUT2D eigenvalue weighted by molar-refractivity contribution is 5.47. The third-order valence-corrected chi connectivity index (χ3v) is 3.01. The first-order chi connectivity index (χ1) is 9.91. The van der Waals surface area contributed by atoms with Crippen LogP contribution in [0, 0.1) is 5.82 Å². The van der Waals surface area contributed by atoms with E-state index in [9.17, 15) is 17.6 Å². The summed E-state index contributed by atoms with van der Waals surface area (Å²) in [6.45, 7) is 3.13. The normalized spacial score (nSPS) is 11.7. The first kappa shape index (κ1) is 15.3. The fourth-order valence-electron chi connectivity index (χ4n) is 1.98. The Morgan fingerprint density at radius 1 is 1.29 bits per heavy atom. The number of nitrogens with one attached hydrogen (secondary N) is 1. The van der Waals surface area contributed by atoms with E-state index in [2.05, 4.69) is 10.3 Å². The largest absolute Gasteiger partial charge is 0.419 e. The SMILES string of the molecule is CCCn1cncc1CNc1ccc(F)c(C(F)(F)F)c1. The molecule has 1 aromatic carbocycles. The summed E-state index contributed by atoms with van der Waals surface area (Å²) in [6.07, 6.45) is -0.451. The minimum Gasteiger partial charge on any atom is -0.379 e. The van der Waals surface area contributed by atoms with Gasteiger partial charge in [-0.3, -0.25) is 0 Å². The van der Waals surface area contributed by atoms with Gasteiger partial charge in [-0.25, -0.2) is 9.37 Å². The van der Waals surface area contributed by atoms with E-state index in [1.54, 1.807) is 12.5 Å². The molecule has 1 heterocycles. The maximum Gasteiger partial charge on any atom is 0.419 e. The predicted octanol–water partition coefficient (Wildman–Crippen LogP) is 4.06. The average Bonchev–Trinajstić information content (AvgIpc) is 2.84. The summed E-state index contributed by atoms with van der Waals surface area (Å²) in [7, 11) is 0.